The first-order valence-electron chi connectivity index (χ1n) is 16.2. The monoisotopic (exact) mass is 583 g/mol. The van der Waals surface area contributed by atoms with E-state index in [-0.39, 0.29) is 6.10 Å². The van der Waals surface area contributed by atoms with E-state index in [1.807, 2.05) is 27.7 Å². The molecule has 1 aromatic heterocycles. The van der Waals surface area contributed by atoms with E-state index in [1.165, 1.54) is 38.5 Å². The quantitative estimate of drug-likeness (QED) is 0.113. The second-order valence-electron chi connectivity index (χ2n) is 10.4. The molecule has 1 aromatic rings. The van der Waals surface area contributed by atoms with Crippen LogP contribution in [0.3, 0.4) is 0 Å². The molecule has 0 aliphatic heterocycles. The van der Waals surface area contributed by atoms with Crippen molar-refractivity contribution in [3.8, 4) is 6.01 Å². The predicted molar refractivity (Wildman–Crippen MR) is 170 cm³/mol. The SMILES string of the molecule is CCCCC(CC)CN(CC(CC)CCCC)c1nc(NC(OCC)(OCC)C(C[SiH3])OCC)nc(OCC)n1. The van der Waals surface area contributed by atoms with Gasteiger partial charge in [0, 0.05) is 43.2 Å². The summed E-state index contributed by atoms with van der Waals surface area (Å²) in [6.45, 7) is 20.7. The summed E-state index contributed by atoms with van der Waals surface area (Å²) in [5, 5.41) is 3.41. The number of hydrogen-bond donors (Lipinski definition) is 1. The van der Waals surface area contributed by atoms with Gasteiger partial charge in [0.1, 0.15) is 6.10 Å². The number of aromatic nitrogens is 3. The highest BCUT2D eigenvalue weighted by Gasteiger charge is 2.42. The molecule has 1 N–H and O–H groups in total. The molecule has 234 valence electrons. The van der Waals surface area contributed by atoms with Crippen molar-refractivity contribution < 1.29 is 18.9 Å². The number of hydrogen-bond acceptors (Lipinski definition) is 9. The lowest BCUT2D eigenvalue weighted by Crippen LogP contribution is -2.55. The van der Waals surface area contributed by atoms with E-state index in [1.54, 1.807) is 0 Å². The maximum Gasteiger partial charge on any atom is 0.323 e. The minimum atomic E-state index is -1.20. The van der Waals surface area contributed by atoms with Crippen LogP contribution in [0, 0.1) is 11.8 Å². The molecule has 40 heavy (non-hydrogen) atoms. The van der Waals surface area contributed by atoms with Crippen molar-refractivity contribution in [1.29, 1.82) is 0 Å². The molecule has 0 saturated carbocycles. The first-order chi connectivity index (χ1) is 19.4. The molecule has 0 fully saturated rings. The molecule has 9 nitrogen and oxygen atoms in total. The molecule has 1 heterocycles. The zero-order valence-electron chi connectivity index (χ0n) is 27.3. The van der Waals surface area contributed by atoms with Crippen LogP contribution < -0.4 is 15.0 Å². The van der Waals surface area contributed by atoms with Crippen molar-refractivity contribution in [3.05, 3.63) is 0 Å². The Labute approximate surface area is 248 Å². The third kappa shape index (κ3) is 12.2. The Hall–Kier alpha value is -1.49. The van der Waals surface area contributed by atoms with Gasteiger partial charge in [0.05, 0.1) is 6.61 Å². The fraction of sp³-hybridized carbons (Fsp3) is 0.900. The first-order valence-corrected chi connectivity index (χ1v) is 17.6. The number of nitrogens with one attached hydrogen (secondary N) is 1. The van der Waals surface area contributed by atoms with Crippen molar-refractivity contribution in [1.82, 2.24) is 15.0 Å². The van der Waals surface area contributed by atoms with Crippen LogP contribution in [0.2, 0.25) is 6.04 Å². The average Bonchev–Trinajstić information content (AvgIpc) is 2.95. The van der Waals surface area contributed by atoms with Gasteiger partial charge in [-0.3, -0.25) is 0 Å². The summed E-state index contributed by atoms with van der Waals surface area (Å²) in [5.41, 5.74) is 0. The van der Waals surface area contributed by atoms with Gasteiger partial charge in [-0.25, -0.2) is 0 Å². The highest BCUT2D eigenvalue weighted by atomic mass is 28.1. The van der Waals surface area contributed by atoms with E-state index < -0.39 is 5.91 Å². The smallest absolute Gasteiger partial charge is 0.323 e. The lowest BCUT2D eigenvalue weighted by Gasteiger charge is -2.39. The summed E-state index contributed by atoms with van der Waals surface area (Å²) in [7, 11) is 0.930. The van der Waals surface area contributed by atoms with Gasteiger partial charge in [-0.2, -0.15) is 15.0 Å². The normalized spacial score (nSPS) is 14.2. The Balaban J connectivity index is 3.59. The maximum absolute atomic E-state index is 6.24. The Morgan fingerprint density at radius 2 is 1.35 bits per heavy atom. The van der Waals surface area contributed by atoms with Crippen LogP contribution in [-0.2, 0) is 14.2 Å². The van der Waals surface area contributed by atoms with E-state index in [0.29, 0.717) is 56.2 Å². The highest BCUT2D eigenvalue weighted by molar-refractivity contribution is 6.09. The molecule has 1 rings (SSSR count). The summed E-state index contributed by atoms with van der Waals surface area (Å²) < 4.78 is 24.5. The van der Waals surface area contributed by atoms with Gasteiger partial charge in [0.25, 0.3) is 5.91 Å². The summed E-state index contributed by atoms with van der Waals surface area (Å²) in [6, 6.07) is 1.14. The maximum atomic E-state index is 6.24. The summed E-state index contributed by atoms with van der Waals surface area (Å²) >= 11 is 0. The molecule has 0 aliphatic rings. The van der Waals surface area contributed by atoms with Crippen LogP contribution in [0.1, 0.15) is 107 Å². The molecule has 0 aromatic carbocycles. The van der Waals surface area contributed by atoms with Crippen molar-refractivity contribution >= 4 is 22.1 Å². The Bertz CT molecular complexity index is 752. The Morgan fingerprint density at radius 1 is 0.775 bits per heavy atom. The topological polar surface area (TPSA) is 90.9 Å². The molecule has 0 amide bonds. The molecule has 0 saturated heterocycles. The molecule has 3 unspecified atom stereocenters. The fourth-order valence-electron chi connectivity index (χ4n) is 5.10. The molecule has 3 atom stereocenters. The number of ether oxygens (including phenoxy) is 4. The molecular weight excluding hydrogens is 522 g/mol. The van der Waals surface area contributed by atoms with Gasteiger partial charge in [0.15, 0.2) is 0 Å². The van der Waals surface area contributed by atoms with Gasteiger partial charge in [-0.05, 0) is 58.4 Å². The van der Waals surface area contributed by atoms with Gasteiger partial charge in [-0.1, -0.05) is 66.2 Å². The van der Waals surface area contributed by atoms with Crippen molar-refractivity contribution in [2.24, 2.45) is 11.8 Å². The molecule has 0 bridgehead atoms. The zero-order chi connectivity index (χ0) is 29.8. The van der Waals surface area contributed by atoms with Gasteiger partial charge in [0.2, 0.25) is 11.9 Å². The van der Waals surface area contributed by atoms with Gasteiger partial charge in [-0.15, -0.1) is 0 Å². The van der Waals surface area contributed by atoms with E-state index in [4.69, 9.17) is 28.9 Å². The third-order valence-corrected chi connectivity index (χ3v) is 8.11. The molecule has 10 heteroatoms. The average molecular weight is 584 g/mol. The van der Waals surface area contributed by atoms with Crippen molar-refractivity contribution in [2.45, 2.75) is 125 Å². The van der Waals surface area contributed by atoms with Gasteiger partial charge < -0.3 is 29.2 Å². The molecule has 0 aliphatic carbocycles. The lowest BCUT2D eigenvalue weighted by molar-refractivity contribution is -0.267. The van der Waals surface area contributed by atoms with Crippen LogP contribution in [0.25, 0.3) is 0 Å². The van der Waals surface area contributed by atoms with Crippen molar-refractivity contribution in [2.75, 3.05) is 49.7 Å². The van der Waals surface area contributed by atoms with E-state index in [2.05, 4.69) is 42.9 Å². The summed E-state index contributed by atoms with van der Waals surface area (Å²) in [6.07, 6.45) is 9.25. The zero-order valence-corrected chi connectivity index (χ0v) is 29.3. The van der Waals surface area contributed by atoms with E-state index >= 15 is 0 Å². The van der Waals surface area contributed by atoms with Crippen LogP contribution in [0.5, 0.6) is 6.01 Å². The second-order valence-corrected chi connectivity index (χ2v) is 11.2. The Kier molecular flexibility index (Phi) is 19.4. The van der Waals surface area contributed by atoms with Crippen LogP contribution in [-0.4, -0.2) is 76.7 Å². The summed E-state index contributed by atoms with van der Waals surface area (Å²) in [5.74, 6) is 0.972. The highest BCUT2D eigenvalue weighted by Crippen LogP contribution is 2.28. The largest absolute Gasteiger partial charge is 0.464 e. The number of rotatable bonds is 25. The fourth-order valence-corrected chi connectivity index (χ4v) is 5.87. The standard InChI is InChI=1S/C30H61N5O4Si/c1-9-17-19-24(11-3)21-35(22-25(12-4)20-18-10-2)28-31-27(32-29(33-28)37-14-6)34-30(38-15-7,39-16-8)26(23-40)36-13-5/h24-26H,9-23H2,1-8,40H3,(H,31,32,33,34). The number of anilines is 2. The minimum Gasteiger partial charge on any atom is -0.464 e. The molecule has 0 spiro atoms. The van der Waals surface area contributed by atoms with E-state index in [0.717, 1.165) is 42.2 Å². The van der Waals surface area contributed by atoms with Crippen LogP contribution >= 0.6 is 0 Å². The minimum absolute atomic E-state index is 0.298. The number of unbranched alkanes of at least 4 members (excludes halogenated alkanes) is 2. The van der Waals surface area contributed by atoms with Gasteiger partial charge >= 0.3 is 6.01 Å². The van der Waals surface area contributed by atoms with E-state index in [9.17, 15) is 0 Å². The Morgan fingerprint density at radius 3 is 1.77 bits per heavy atom. The first kappa shape index (κ1) is 36.5. The predicted octanol–water partition coefficient (Wildman–Crippen LogP) is 5.84. The second kappa shape index (κ2) is 21.2. The third-order valence-electron chi connectivity index (χ3n) is 7.37. The van der Waals surface area contributed by atoms with Crippen molar-refractivity contribution in [3.63, 3.8) is 0 Å². The summed E-state index contributed by atoms with van der Waals surface area (Å²) in [4.78, 5) is 16.8. The lowest BCUT2D eigenvalue weighted by atomic mass is 9.96. The molecule has 0 radical (unpaired) electrons. The van der Waals surface area contributed by atoms with Crippen LogP contribution in [0.4, 0.5) is 11.9 Å². The molecular formula is C30H61N5O4Si. The number of nitrogens with zero attached hydrogens (tertiary/aromatic N) is 4. The van der Waals surface area contributed by atoms with Crippen LogP contribution in [0.15, 0.2) is 0 Å².